The van der Waals surface area contributed by atoms with E-state index in [2.05, 4.69) is 114 Å². The van der Waals surface area contributed by atoms with Gasteiger partial charge in [-0.25, -0.2) is 4.98 Å². The predicted octanol–water partition coefficient (Wildman–Crippen LogP) is 10.1. The molecule has 6 aromatic carbocycles. The summed E-state index contributed by atoms with van der Waals surface area (Å²) in [7, 11) is 0. The highest BCUT2D eigenvalue weighted by molar-refractivity contribution is 6.27. The van der Waals surface area contributed by atoms with Crippen molar-refractivity contribution in [2.45, 2.75) is 0 Å². The van der Waals surface area contributed by atoms with Crippen molar-refractivity contribution in [3.63, 3.8) is 0 Å². The van der Waals surface area contributed by atoms with Crippen LogP contribution in [0.15, 0.2) is 126 Å². The average Bonchev–Trinajstić information content (AvgIpc) is 3.64. The minimum atomic E-state index is 0.901. The maximum absolute atomic E-state index is 6.34. The molecular weight excluding hydrogens is 488 g/mol. The lowest BCUT2D eigenvalue weighted by atomic mass is 9.95. The highest BCUT2D eigenvalue weighted by Crippen LogP contribution is 2.44. The van der Waals surface area contributed by atoms with Crippen LogP contribution in [0, 0.1) is 0 Å². The molecule has 184 valence electrons. The number of fused-ring (bicyclic) bond motifs is 11. The summed E-state index contributed by atoms with van der Waals surface area (Å²) in [5, 5.41) is 10.8. The van der Waals surface area contributed by atoms with Gasteiger partial charge in [-0.15, -0.1) is 0 Å². The number of furan rings is 1. The number of hydrogen-bond donors (Lipinski definition) is 0. The predicted molar refractivity (Wildman–Crippen MR) is 167 cm³/mol. The summed E-state index contributed by atoms with van der Waals surface area (Å²) >= 11 is 0. The number of hydrogen-bond acceptors (Lipinski definition) is 2. The lowest BCUT2D eigenvalue weighted by Crippen LogP contribution is -1.86. The topological polar surface area (TPSA) is 30.4 Å². The zero-order chi connectivity index (χ0) is 25.9. The molecule has 0 amide bonds. The first-order chi connectivity index (χ1) is 19.8. The first-order valence-corrected chi connectivity index (χ1v) is 13.6. The second kappa shape index (κ2) is 7.16. The molecule has 10 rings (SSSR count). The molecule has 3 heteroatoms. The van der Waals surface area contributed by atoms with Crippen LogP contribution in [0.25, 0.3) is 93.0 Å². The standard InChI is InChI=1S/C37H20N2O/c1-3-11-24-21(8-1)10-7-13-25(24)23-17-29-27-19-28-26-12-4-6-15-34(26)40-35(28)20-33(27)39-36(29)30(18-23)31-16-22-9-2-5-14-32(22)38-37(31)39/h1-20H. The SMILES string of the molecule is c1ccc2nc3c(cc2c1)c1cc(-c2cccc4ccccc24)cc2c4cc5c(cc4n3c21)oc1ccccc15. The minimum absolute atomic E-state index is 0.901. The van der Waals surface area contributed by atoms with Gasteiger partial charge in [-0.1, -0.05) is 78.9 Å². The molecule has 0 spiro atoms. The van der Waals surface area contributed by atoms with Gasteiger partial charge in [-0.05, 0) is 58.3 Å². The Bertz CT molecular complexity index is 2650. The van der Waals surface area contributed by atoms with Gasteiger partial charge in [-0.2, -0.15) is 0 Å². The normalized spacial score (nSPS) is 12.5. The van der Waals surface area contributed by atoms with Gasteiger partial charge in [0, 0.05) is 43.8 Å². The quantitative estimate of drug-likeness (QED) is 0.221. The van der Waals surface area contributed by atoms with Crippen LogP contribution in [0.3, 0.4) is 0 Å². The number of benzene rings is 6. The Kier molecular flexibility index (Phi) is 3.68. The van der Waals surface area contributed by atoms with Crippen LogP contribution in [0.5, 0.6) is 0 Å². The molecular formula is C37H20N2O. The van der Waals surface area contributed by atoms with Crippen LogP contribution in [-0.2, 0) is 0 Å². The van der Waals surface area contributed by atoms with E-state index in [1.165, 1.54) is 49.0 Å². The van der Waals surface area contributed by atoms with E-state index in [1.54, 1.807) is 0 Å². The van der Waals surface area contributed by atoms with Gasteiger partial charge in [0.15, 0.2) is 0 Å². The Morgan fingerprint density at radius 2 is 1.25 bits per heavy atom. The maximum Gasteiger partial charge on any atom is 0.146 e. The highest BCUT2D eigenvalue weighted by atomic mass is 16.3. The minimum Gasteiger partial charge on any atom is -0.456 e. The Morgan fingerprint density at radius 1 is 0.500 bits per heavy atom. The van der Waals surface area contributed by atoms with Crippen LogP contribution >= 0.6 is 0 Å². The maximum atomic E-state index is 6.34. The third-order valence-corrected chi connectivity index (χ3v) is 8.67. The summed E-state index contributed by atoms with van der Waals surface area (Å²) in [6.45, 7) is 0. The fourth-order valence-electron chi connectivity index (χ4n) is 6.89. The fraction of sp³-hybridized carbons (Fsp3) is 0. The fourth-order valence-corrected chi connectivity index (χ4v) is 6.89. The third-order valence-electron chi connectivity index (χ3n) is 8.67. The van der Waals surface area contributed by atoms with Crippen molar-refractivity contribution in [1.29, 1.82) is 0 Å². The average molecular weight is 509 g/mol. The second-order valence-electron chi connectivity index (χ2n) is 10.8. The van der Waals surface area contributed by atoms with Crippen LogP contribution in [0.2, 0.25) is 0 Å². The van der Waals surface area contributed by atoms with Gasteiger partial charge in [0.1, 0.15) is 16.8 Å². The molecule has 0 aliphatic rings. The molecule has 0 atom stereocenters. The lowest BCUT2D eigenvalue weighted by molar-refractivity contribution is 0.669. The summed E-state index contributed by atoms with van der Waals surface area (Å²) < 4.78 is 8.69. The Hall–Kier alpha value is -5.41. The van der Waals surface area contributed by atoms with Crippen molar-refractivity contribution in [2.24, 2.45) is 0 Å². The molecule has 0 bridgehead atoms. The van der Waals surface area contributed by atoms with Crippen molar-refractivity contribution in [1.82, 2.24) is 9.38 Å². The van der Waals surface area contributed by atoms with Gasteiger partial charge >= 0.3 is 0 Å². The largest absolute Gasteiger partial charge is 0.456 e. The van der Waals surface area contributed by atoms with Gasteiger partial charge < -0.3 is 4.42 Å². The summed E-state index contributed by atoms with van der Waals surface area (Å²) in [6.07, 6.45) is 0. The zero-order valence-corrected chi connectivity index (χ0v) is 21.3. The second-order valence-corrected chi connectivity index (χ2v) is 10.8. The Morgan fingerprint density at radius 3 is 2.17 bits per heavy atom. The van der Waals surface area contributed by atoms with E-state index in [0.717, 1.165) is 44.0 Å². The van der Waals surface area contributed by atoms with Crippen LogP contribution in [0.4, 0.5) is 0 Å². The molecule has 0 saturated heterocycles. The van der Waals surface area contributed by atoms with Gasteiger partial charge in [0.2, 0.25) is 0 Å². The number of aromatic nitrogens is 2. The van der Waals surface area contributed by atoms with E-state index in [9.17, 15) is 0 Å². The molecule has 0 aliphatic carbocycles. The monoisotopic (exact) mass is 508 g/mol. The van der Waals surface area contributed by atoms with Crippen LogP contribution in [0.1, 0.15) is 0 Å². The van der Waals surface area contributed by atoms with E-state index in [0.29, 0.717) is 0 Å². The molecule has 0 N–H and O–H groups in total. The highest BCUT2D eigenvalue weighted by Gasteiger charge is 2.22. The van der Waals surface area contributed by atoms with Crippen molar-refractivity contribution < 1.29 is 4.42 Å². The molecule has 3 nitrogen and oxygen atoms in total. The Balaban J connectivity index is 1.45. The molecule has 0 aliphatic heterocycles. The van der Waals surface area contributed by atoms with Crippen molar-refractivity contribution >= 4 is 81.8 Å². The lowest BCUT2D eigenvalue weighted by Gasteiger charge is -2.08. The Labute approximate surface area is 227 Å². The third kappa shape index (κ3) is 2.52. The summed E-state index contributed by atoms with van der Waals surface area (Å²) in [5.74, 6) is 0. The number of rotatable bonds is 1. The van der Waals surface area contributed by atoms with E-state index < -0.39 is 0 Å². The van der Waals surface area contributed by atoms with E-state index in [1.807, 2.05) is 12.1 Å². The first-order valence-electron chi connectivity index (χ1n) is 13.6. The zero-order valence-electron chi connectivity index (χ0n) is 21.3. The van der Waals surface area contributed by atoms with Crippen molar-refractivity contribution in [3.05, 3.63) is 121 Å². The van der Waals surface area contributed by atoms with Crippen molar-refractivity contribution in [3.8, 4) is 11.1 Å². The molecule has 10 aromatic rings. The van der Waals surface area contributed by atoms with Gasteiger partial charge in [0.25, 0.3) is 0 Å². The van der Waals surface area contributed by atoms with E-state index in [-0.39, 0.29) is 0 Å². The number of pyridine rings is 1. The smallest absolute Gasteiger partial charge is 0.146 e. The van der Waals surface area contributed by atoms with Gasteiger partial charge in [0.05, 0.1) is 16.6 Å². The van der Waals surface area contributed by atoms with Crippen LogP contribution in [-0.4, -0.2) is 9.38 Å². The van der Waals surface area contributed by atoms with Gasteiger partial charge in [-0.3, -0.25) is 4.40 Å². The first kappa shape index (κ1) is 20.5. The van der Waals surface area contributed by atoms with Crippen molar-refractivity contribution in [2.75, 3.05) is 0 Å². The molecule has 4 heterocycles. The van der Waals surface area contributed by atoms with Crippen LogP contribution < -0.4 is 0 Å². The number of nitrogens with zero attached hydrogens (tertiary/aromatic N) is 2. The van der Waals surface area contributed by atoms with E-state index in [4.69, 9.17) is 9.40 Å². The molecule has 40 heavy (non-hydrogen) atoms. The molecule has 4 aromatic heterocycles. The molecule has 0 fully saturated rings. The summed E-state index contributed by atoms with van der Waals surface area (Å²) in [4.78, 5) is 5.23. The summed E-state index contributed by atoms with van der Waals surface area (Å²) in [6, 6.07) is 43.5. The van der Waals surface area contributed by atoms with E-state index >= 15 is 0 Å². The molecule has 0 unspecified atom stereocenters. The molecule has 0 saturated carbocycles. The number of para-hydroxylation sites is 2. The molecule has 0 radical (unpaired) electrons. The summed E-state index contributed by atoms with van der Waals surface area (Å²) in [5.41, 5.74) is 8.61.